The molecule has 0 aliphatic carbocycles. The molecule has 0 aliphatic heterocycles. The number of aryl methyl sites for hydroxylation is 1. The van der Waals surface area contributed by atoms with Crippen LogP contribution < -0.4 is 5.73 Å². The Bertz CT molecular complexity index is 1430. The van der Waals surface area contributed by atoms with E-state index in [1.54, 1.807) is 0 Å². The number of carbonyl (C=O) groups is 1. The van der Waals surface area contributed by atoms with E-state index in [1.165, 1.54) is 31.2 Å². The summed E-state index contributed by atoms with van der Waals surface area (Å²) in [5.74, 6) is 1.79. The molecule has 0 saturated carbocycles. The molecular formula is C35H49N5O. The van der Waals surface area contributed by atoms with Crippen LogP contribution in [-0.2, 0) is 24.3 Å². The van der Waals surface area contributed by atoms with E-state index >= 15 is 0 Å². The Morgan fingerprint density at radius 2 is 1.51 bits per heavy atom. The third kappa shape index (κ3) is 7.66. The van der Waals surface area contributed by atoms with Gasteiger partial charge in [0, 0.05) is 36.9 Å². The Kier molecular flexibility index (Phi) is 10.4. The minimum absolute atomic E-state index is 0.225. The molecule has 1 amide bonds. The zero-order valence-corrected chi connectivity index (χ0v) is 25.9. The molecule has 2 aromatic heterocycles. The number of para-hydroxylation sites is 1. The monoisotopic (exact) mass is 555 g/mol. The smallest absolute Gasteiger partial charge is 0.223 e. The lowest BCUT2D eigenvalue weighted by atomic mass is 10.0. The van der Waals surface area contributed by atoms with E-state index in [0.29, 0.717) is 25.3 Å². The van der Waals surface area contributed by atoms with Crippen molar-refractivity contribution in [2.24, 2.45) is 0 Å². The Balaban J connectivity index is 1.53. The molecule has 2 N–H and O–H groups in total. The number of nitrogens with zero attached hydrogens (tertiary/aromatic N) is 4. The molecule has 2 aromatic carbocycles. The number of pyridine rings is 1. The minimum Gasteiger partial charge on any atom is -0.382 e. The van der Waals surface area contributed by atoms with Gasteiger partial charge in [0.05, 0.1) is 11.0 Å². The Hall–Kier alpha value is -3.41. The number of carbonyl (C=O) groups excluding carboxylic acids is 1. The lowest BCUT2D eigenvalue weighted by molar-refractivity contribution is -0.136. The van der Waals surface area contributed by atoms with Crippen LogP contribution in [0, 0.1) is 0 Å². The lowest BCUT2D eigenvalue weighted by Gasteiger charge is -2.36. The summed E-state index contributed by atoms with van der Waals surface area (Å²) in [5, 5.41) is 1.08. The highest BCUT2D eigenvalue weighted by Crippen LogP contribution is 2.30. The summed E-state index contributed by atoms with van der Waals surface area (Å²) in [6.45, 7) is 12.2. The first-order valence-corrected chi connectivity index (χ1v) is 15.6. The zero-order valence-electron chi connectivity index (χ0n) is 25.9. The number of hydrogen-bond donors (Lipinski definition) is 1. The zero-order chi connectivity index (χ0) is 29.4. The second-order valence-electron chi connectivity index (χ2n) is 12.4. The van der Waals surface area contributed by atoms with Crippen LogP contribution in [-0.4, -0.2) is 30.9 Å². The van der Waals surface area contributed by atoms with Crippen LogP contribution in [0.25, 0.3) is 21.9 Å². The number of nitrogen functional groups attached to an aromatic ring is 1. The molecule has 6 heteroatoms. The first-order chi connectivity index (χ1) is 19.7. The van der Waals surface area contributed by atoms with Crippen molar-refractivity contribution in [3.63, 3.8) is 0 Å². The molecule has 0 atom stereocenters. The van der Waals surface area contributed by atoms with Gasteiger partial charge in [-0.1, -0.05) is 94.8 Å². The Labute approximate surface area is 246 Å². The number of benzene rings is 2. The molecule has 2 heterocycles. The fourth-order valence-electron chi connectivity index (χ4n) is 5.61. The summed E-state index contributed by atoms with van der Waals surface area (Å²) in [6, 6.07) is 16.9. The van der Waals surface area contributed by atoms with E-state index < -0.39 is 0 Å². The molecule has 0 radical (unpaired) electrons. The molecule has 4 aromatic rings. The van der Waals surface area contributed by atoms with Crippen molar-refractivity contribution in [2.75, 3.05) is 5.73 Å². The number of anilines is 1. The lowest BCUT2D eigenvalue weighted by Crippen LogP contribution is -2.45. The predicted octanol–water partition coefficient (Wildman–Crippen LogP) is 8.44. The van der Waals surface area contributed by atoms with Gasteiger partial charge in [0.15, 0.2) is 5.82 Å². The van der Waals surface area contributed by atoms with E-state index in [2.05, 4.69) is 74.5 Å². The van der Waals surface area contributed by atoms with E-state index in [9.17, 15) is 4.79 Å². The summed E-state index contributed by atoms with van der Waals surface area (Å²) in [4.78, 5) is 24.9. The van der Waals surface area contributed by atoms with Gasteiger partial charge in [0.25, 0.3) is 0 Å². The average molecular weight is 556 g/mol. The normalized spacial score (nSPS) is 11.9. The molecule has 4 rings (SSSR count). The maximum atomic E-state index is 13.2. The molecule has 0 saturated heterocycles. The van der Waals surface area contributed by atoms with Crippen molar-refractivity contribution in [3.8, 4) is 0 Å². The van der Waals surface area contributed by atoms with Crippen LogP contribution in [0.1, 0.15) is 109 Å². The second-order valence-corrected chi connectivity index (χ2v) is 12.4. The largest absolute Gasteiger partial charge is 0.382 e. The summed E-state index contributed by atoms with van der Waals surface area (Å²) in [5.41, 5.74) is 11.3. The van der Waals surface area contributed by atoms with Crippen molar-refractivity contribution >= 4 is 33.7 Å². The van der Waals surface area contributed by atoms with Crippen molar-refractivity contribution in [1.29, 1.82) is 0 Å². The molecule has 0 aliphatic rings. The van der Waals surface area contributed by atoms with Gasteiger partial charge in [-0.05, 0) is 50.8 Å². The number of imidazole rings is 1. The molecule has 0 unspecified atom stereocenters. The predicted molar refractivity (Wildman–Crippen MR) is 172 cm³/mol. The van der Waals surface area contributed by atoms with Gasteiger partial charge in [-0.2, -0.15) is 0 Å². The van der Waals surface area contributed by atoms with Gasteiger partial charge in [-0.15, -0.1) is 0 Å². The second kappa shape index (κ2) is 14.0. The molecule has 220 valence electrons. The number of nitrogens with two attached hydrogens (primary N) is 1. The minimum atomic E-state index is -0.225. The first kappa shape index (κ1) is 30.5. The highest BCUT2D eigenvalue weighted by molar-refractivity contribution is 6.06. The molecule has 6 nitrogen and oxygen atoms in total. The van der Waals surface area contributed by atoms with Crippen LogP contribution in [0.15, 0.2) is 48.5 Å². The number of rotatable bonds is 14. The van der Waals surface area contributed by atoms with E-state index in [-0.39, 0.29) is 11.4 Å². The number of amides is 1. The van der Waals surface area contributed by atoms with Crippen LogP contribution in [0.4, 0.5) is 5.82 Å². The SMILES string of the molecule is CCCCCCCCC(=O)N(Cc1ccc(Cn2c(CCCC)nc3c(N)nc4ccccc4c32)cc1)C(C)(C)C. The van der Waals surface area contributed by atoms with Crippen molar-refractivity contribution in [2.45, 2.75) is 117 Å². The highest BCUT2D eigenvalue weighted by Gasteiger charge is 2.26. The van der Waals surface area contributed by atoms with Gasteiger partial charge in [-0.3, -0.25) is 4.79 Å². The average Bonchev–Trinajstić information content (AvgIpc) is 3.31. The van der Waals surface area contributed by atoms with Crippen molar-refractivity contribution in [3.05, 3.63) is 65.5 Å². The summed E-state index contributed by atoms with van der Waals surface area (Å²) in [7, 11) is 0. The van der Waals surface area contributed by atoms with Crippen LogP contribution in [0.3, 0.4) is 0 Å². The third-order valence-corrected chi connectivity index (χ3v) is 8.00. The fourth-order valence-corrected chi connectivity index (χ4v) is 5.61. The van der Waals surface area contributed by atoms with Crippen molar-refractivity contribution < 1.29 is 4.79 Å². The number of fused-ring (bicyclic) bond motifs is 3. The summed E-state index contributed by atoms with van der Waals surface area (Å²) >= 11 is 0. The van der Waals surface area contributed by atoms with Crippen LogP contribution in [0.2, 0.25) is 0 Å². The molecule has 0 bridgehead atoms. The van der Waals surface area contributed by atoms with Crippen molar-refractivity contribution in [1.82, 2.24) is 19.4 Å². The summed E-state index contributed by atoms with van der Waals surface area (Å²) in [6.07, 6.45) is 10.9. The van der Waals surface area contributed by atoms with Crippen LogP contribution in [0.5, 0.6) is 0 Å². The number of aromatic nitrogens is 3. The molecule has 41 heavy (non-hydrogen) atoms. The fraction of sp³-hybridized carbons (Fsp3) is 0.514. The van der Waals surface area contributed by atoms with Gasteiger partial charge in [-0.25, -0.2) is 9.97 Å². The van der Waals surface area contributed by atoms with Gasteiger partial charge in [0.2, 0.25) is 5.91 Å². The molecule has 0 fully saturated rings. The quantitative estimate of drug-likeness (QED) is 0.158. The Morgan fingerprint density at radius 3 is 2.22 bits per heavy atom. The highest BCUT2D eigenvalue weighted by atomic mass is 16.2. The van der Waals surface area contributed by atoms with Gasteiger partial charge < -0.3 is 15.2 Å². The standard InChI is InChI=1S/C35H49N5O/c1-6-8-10-11-12-13-19-31(41)40(35(3,4)5)25-27-22-20-26(21-23-27)24-39-30(18-9-7-2)38-32-33(39)28-16-14-15-17-29(28)37-34(32)36/h14-17,20-23H,6-13,18-19,24-25H2,1-5H3,(H2,36,37). The topological polar surface area (TPSA) is 77.0 Å². The maximum absolute atomic E-state index is 13.2. The third-order valence-electron chi connectivity index (χ3n) is 8.00. The van der Waals surface area contributed by atoms with E-state index in [1.807, 2.05) is 23.1 Å². The Morgan fingerprint density at radius 1 is 0.854 bits per heavy atom. The molecular weight excluding hydrogens is 506 g/mol. The van der Waals surface area contributed by atoms with Crippen LogP contribution >= 0.6 is 0 Å². The first-order valence-electron chi connectivity index (χ1n) is 15.6. The summed E-state index contributed by atoms with van der Waals surface area (Å²) < 4.78 is 2.33. The van der Waals surface area contributed by atoms with Gasteiger partial charge in [0.1, 0.15) is 11.3 Å². The van der Waals surface area contributed by atoms with Gasteiger partial charge >= 0.3 is 0 Å². The van der Waals surface area contributed by atoms with E-state index in [4.69, 9.17) is 10.7 Å². The maximum Gasteiger partial charge on any atom is 0.223 e. The number of hydrogen-bond acceptors (Lipinski definition) is 4. The molecule has 0 spiro atoms. The number of unbranched alkanes of at least 4 members (excludes halogenated alkanes) is 6. The van der Waals surface area contributed by atoms with E-state index in [0.717, 1.165) is 65.4 Å².